The second kappa shape index (κ2) is 7.08. The van der Waals surface area contributed by atoms with Gasteiger partial charge in [-0.05, 0) is 29.8 Å². The molecule has 0 saturated carbocycles. The van der Waals surface area contributed by atoms with Crippen LogP contribution in [0.4, 0.5) is 0 Å². The Bertz CT molecular complexity index is 1090. The fourth-order valence-corrected chi connectivity index (χ4v) is 4.42. The molecule has 0 spiro atoms. The molecule has 0 bridgehead atoms. The standard InChI is InChI=1S/C19H12Cl2N2OS2/c20-13-6-5-11(15(21)8-13)9-23-10-12(14-3-1-2-4-16(14)23)7-17-18(24)22-19(25)26-17/h1-8,10H,9H2,(H,22,24,25). The van der Waals surface area contributed by atoms with Crippen LogP contribution >= 0.6 is 47.2 Å². The molecule has 1 aliphatic rings. The Balaban J connectivity index is 1.78. The smallest absolute Gasteiger partial charge is 0.263 e. The largest absolute Gasteiger partial charge is 0.342 e. The molecule has 0 unspecified atom stereocenters. The lowest BCUT2D eigenvalue weighted by atomic mass is 10.1. The quantitative estimate of drug-likeness (QED) is 0.451. The maximum absolute atomic E-state index is 12.0. The first kappa shape index (κ1) is 17.6. The molecule has 3 aromatic rings. The van der Waals surface area contributed by atoms with Gasteiger partial charge in [0.25, 0.3) is 5.91 Å². The summed E-state index contributed by atoms with van der Waals surface area (Å²) in [6, 6.07) is 13.6. The number of thiocarbonyl (C=S) groups is 1. The Morgan fingerprint density at radius 2 is 2.00 bits per heavy atom. The van der Waals surface area contributed by atoms with Crippen LogP contribution in [-0.4, -0.2) is 14.8 Å². The van der Waals surface area contributed by atoms with Crippen molar-refractivity contribution in [3.05, 3.63) is 74.7 Å². The fourth-order valence-electron chi connectivity index (χ4n) is 2.92. The van der Waals surface area contributed by atoms with Crippen LogP contribution in [0.15, 0.2) is 53.6 Å². The average molecular weight is 419 g/mol. The average Bonchev–Trinajstić information content (AvgIpc) is 3.11. The van der Waals surface area contributed by atoms with E-state index in [-0.39, 0.29) is 5.91 Å². The van der Waals surface area contributed by atoms with Crippen molar-refractivity contribution < 1.29 is 4.79 Å². The van der Waals surface area contributed by atoms with Crippen LogP contribution in [0, 0.1) is 0 Å². The summed E-state index contributed by atoms with van der Waals surface area (Å²) in [7, 11) is 0. The van der Waals surface area contributed by atoms with Crippen LogP contribution in [0.3, 0.4) is 0 Å². The Labute approximate surface area is 170 Å². The second-order valence-corrected chi connectivity index (χ2v) is 8.38. The van der Waals surface area contributed by atoms with Crippen molar-refractivity contribution in [2.75, 3.05) is 0 Å². The summed E-state index contributed by atoms with van der Waals surface area (Å²) in [5.74, 6) is -0.155. The zero-order valence-electron chi connectivity index (χ0n) is 13.3. The molecule has 1 fully saturated rings. The fraction of sp³-hybridized carbons (Fsp3) is 0.0526. The minimum Gasteiger partial charge on any atom is -0.342 e. The van der Waals surface area contributed by atoms with Gasteiger partial charge in [-0.1, -0.05) is 71.4 Å². The van der Waals surface area contributed by atoms with Crippen LogP contribution in [-0.2, 0) is 11.3 Å². The normalized spacial score (nSPS) is 15.8. The van der Waals surface area contributed by atoms with Crippen molar-refractivity contribution >= 4 is 74.4 Å². The number of para-hydroxylation sites is 1. The molecule has 7 heteroatoms. The SMILES string of the molecule is O=C1NC(=S)SC1=Cc1cn(Cc2ccc(Cl)cc2Cl)c2ccccc12. The highest BCUT2D eigenvalue weighted by Gasteiger charge is 2.22. The number of hydrogen-bond donors (Lipinski definition) is 1. The monoisotopic (exact) mass is 418 g/mol. The molecule has 130 valence electrons. The number of rotatable bonds is 3. The number of carbonyl (C=O) groups excluding carboxylic acids is 1. The second-order valence-electron chi connectivity index (χ2n) is 5.82. The number of halogens is 2. The molecule has 2 aromatic carbocycles. The summed E-state index contributed by atoms with van der Waals surface area (Å²) in [6.45, 7) is 0.609. The van der Waals surface area contributed by atoms with Crippen molar-refractivity contribution in [2.45, 2.75) is 6.54 Å². The van der Waals surface area contributed by atoms with Gasteiger partial charge in [0.05, 0.1) is 4.91 Å². The van der Waals surface area contributed by atoms with Crippen LogP contribution in [0.25, 0.3) is 17.0 Å². The van der Waals surface area contributed by atoms with E-state index in [0.717, 1.165) is 22.0 Å². The maximum atomic E-state index is 12.0. The first-order valence-electron chi connectivity index (χ1n) is 7.78. The van der Waals surface area contributed by atoms with E-state index in [4.69, 9.17) is 35.4 Å². The van der Waals surface area contributed by atoms with Gasteiger partial charge in [-0.2, -0.15) is 0 Å². The third-order valence-corrected chi connectivity index (χ3v) is 5.85. The molecule has 0 aliphatic carbocycles. The van der Waals surface area contributed by atoms with Gasteiger partial charge in [0, 0.05) is 39.3 Å². The highest BCUT2D eigenvalue weighted by molar-refractivity contribution is 8.26. The molecule has 1 N–H and O–H groups in total. The van der Waals surface area contributed by atoms with Crippen molar-refractivity contribution in [3.63, 3.8) is 0 Å². The lowest BCUT2D eigenvalue weighted by Crippen LogP contribution is -2.17. The van der Waals surface area contributed by atoms with Crippen molar-refractivity contribution in [1.29, 1.82) is 0 Å². The Morgan fingerprint density at radius 3 is 2.73 bits per heavy atom. The van der Waals surface area contributed by atoms with E-state index in [9.17, 15) is 4.79 Å². The Hall–Kier alpha value is -1.79. The first-order chi connectivity index (χ1) is 12.5. The predicted molar refractivity (Wildman–Crippen MR) is 114 cm³/mol. The topological polar surface area (TPSA) is 34.0 Å². The number of benzene rings is 2. The van der Waals surface area contributed by atoms with Gasteiger partial charge >= 0.3 is 0 Å². The molecule has 2 heterocycles. The number of thioether (sulfide) groups is 1. The minimum absolute atomic E-state index is 0.155. The summed E-state index contributed by atoms with van der Waals surface area (Å²) < 4.78 is 2.60. The van der Waals surface area contributed by atoms with E-state index in [1.54, 1.807) is 6.07 Å². The van der Waals surface area contributed by atoms with Gasteiger partial charge in [0.15, 0.2) is 0 Å². The third-order valence-electron chi connectivity index (χ3n) is 4.10. The van der Waals surface area contributed by atoms with E-state index in [0.29, 0.717) is 25.8 Å². The van der Waals surface area contributed by atoms with Crippen LogP contribution in [0.2, 0.25) is 10.0 Å². The molecule has 4 rings (SSSR count). The molecule has 0 atom stereocenters. The molecule has 1 aliphatic heterocycles. The minimum atomic E-state index is -0.155. The van der Waals surface area contributed by atoms with Gasteiger partial charge in [0.1, 0.15) is 4.32 Å². The highest BCUT2D eigenvalue weighted by Crippen LogP contribution is 2.31. The summed E-state index contributed by atoms with van der Waals surface area (Å²) in [5, 5.41) is 4.95. The van der Waals surface area contributed by atoms with E-state index in [1.165, 1.54) is 11.8 Å². The van der Waals surface area contributed by atoms with Gasteiger partial charge in [-0.25, -0.2) is 0 Å². The summed E-state index contributed by atoms with van der Waals surface area (Å²) in [6.07, 6.45) is 3.90. The number of carbonyl (C=O) groups is 1. The maximum Gasteiger partial charge on any atom is 0.263 e. The number of hydrogen-bond acceptors (Lipinski definition) is 3. The zero-order valence-corrected chi connectivity index (χ0v) is 16.5. The zero-order chi connectivity index (χ0) is 18.3. The Morgan fingerprint density at radius 1 is 1.19 bits per heavy atom. The van der Waals surface area contributed by atoms with Crippen molar-refractivity contribution in [2.24, 2.45) is 0 Å². The summed E-state index contributed by atoms with van der Waals surface area (Å²) in [5.41, 5.74) is 3.01. The Kier molecular flexibility index (Phi) is 4.80. The summed E-state index contributed by atoms with van der Waals surface area (Å²) in [4.78, 5) is 12.6. The molecule has 26 heavy (non-hydrogen) atoms. The van der Waals surface area contributed by atoms with Crippen LogP contribution < -0.4 is 5.32 Å². The van der Waals surface area contributed by atoms with Crippen molar-refractivity contribution in [1.82, 2.24) is 9.88 Å². The lowest BCUT2D eigenvalue weighted by molar-refractivity contribution is -0.115. The van der Waals surface area contributed by atoms with E-state index < -0.39 is 0 Å². The third kappa shape index (κ3) is 3.40. The van der Waals surface area contributed by atoms with Crippen LogP contribution in [0.5, 0.6) is 0 Å². The molecule has 1 amide bonds. The predicted octanol–water partition coefficient (Wildman–Crippen LogP) is 5.49. The number of fused-ring (bicyclic) bond motifs is 1. The molecular formula is C19H12Cl2N2OS2. The van der Waals surface area contributed by atoms with E-state index >= 15 is 0 Å². The lowest BCUT2D eigenvalue weighted by Gasteiger charge is -2.08. The molecule has 1 aromatic heterocycles. The van der Waals surface area contributed by atoms with Gasteiger partial charge in [-0.3, -0.25) is 4.79 Å². The first-order valence-corrected chi connectivity index (χ1v) is 9.76. The number of amides is 1. The highest BCUT2D eigenvalue weighted by atomic mass is 35.5. The van der Waals surface area contributed by atoms with Crippen molar-refractivity contribution in [3.8, 4) is 0 Å². The number of nitrogens with one attached hydrogen (secondary N) is 1. The van der Waals surface area contributed by atoms with E-state index in [2.05, 4.69) is 9.88 Å². The molecule has 3 nitrogen and oxygen atoms in total. The molecular weight excluding hydrogens is 407 g/mol. The van der Waals surface area contributed by atoms with Crippen LogP contribution in [0.1, 0.15) is 11.1 Å². The van der Waals surface area contributed by atoms with E-state index in [1.807, 2.05) is 48.7 Å². The number of nitrogens with zero attached hydrogens (tertiary/aromatic N) is 1. The van der Waals surface area contributed by atoms with Gasteiger partial charge in [0.2, 0.25) is 0 Å². The van der Waals surface area contributed by atoms with Gasteiger partial charge in [-0.15, -0.1) is 0 Å². The number of aromatic nitrogens is 1. The van der Waals surface area contributed by atoms with Gasteiger partial charge < -0.3 is 9.88 Å². The summed E-state index contributed by atoms with van der Waals surface area (Å²) >= 11 is 18.7. The molecule has 1 saturated heterocycles. The molecule has 0 radical (unpaired) electrons.